The molecule has 0 aromatic carbocycles. The zero-order valence-electron chi connectivity index (χ0n) is 11.3. The molecular formula is C14H13N5OS. The summed E-state index contributed by atoms with van der Waals surface area (Å²) in [5.74, 6) is -0.194. The summed E-state index contributed by atoms with van der Waals surface area (Å²) in [4.78, 5) is 20.5. The Bertz CT molecular complexity index is 723. The van der Waals surface area contributed by atoms with Crippen LogP contribution in [-0.2, 0) is 0 Å². The van der Waals surface area contributed by atoms with Crippen molar-refractivity contribution < 1.29 is 4.79 Å². The number of rotatable bonds is 4. The van der Waals surface area contributed by atoms with Gasteiger partial charge >= 0.3 is 0 Å². The topological polar surface area (TPSA) is 83.6 Å². The van der Waals surface area contributed by atoms with Crippen molar-refractivity contribution in [2.45, 2.75) is 13.0 Å². The SMILES string of the molecule is C[C@H](NC(=O)c1ccn[nH]1)c1nc(-c2ccncc2)cs1. The lowest BCUT2D eigenvalue weighted by atomic mass is 10.2. The molecule has 0 bridgehead atoms. The Kier molecular flexibility index (Phi) is 3.74. The Balaban J connectivity index is 1.73. The zero-order valence-corrected chi connectivity index (χ0v) is 12.1. The minimum Gasteiger partial charge on any atom is -0.342 e. The molecule has 0 fully saturated rings. The lowest BCUT2D eigenvalue weighted by Crippen LogP contribution is -2.26. The summed E-state index contributed by atoms with van der Waals surface area (Å²) < 4.78 is 0. The number of carbonyl (C=O) groups is 1. The molecule has 106 valence electrons. The van der Waals surface area contributed by atoms with E-state index in [0.29, 0.717) is 5.69 Å². The van der Waals surface area contributed by atoms with E-state index in [9.17, 15) is 4.79 Å². The van der Waals surface area contributed by atoms with E-state index in [1.54, 1.807) is 24.7 Å². The molecule has 0 saturated heterocycles. The number of hydrogen-bond acceptors (Lipinski definition) is 5. The first-order chi connectivity index (χ1) is 10.2. The minimum atomic E-state index is -0.194. The van der Waals surface area contributed by atoms with Gasteiger partial charge in [-0.25, -0.2) is 4.98 Å². The van der Waals surface area contributed by atoms with Crippen molar-refractivity contribution >= 4 is 17.2 Å². The number of aromatic amines is 1. The number of carbonyl (C=O) groups excluding carboxylic acids is 1. The summed E-state index contributed by atoms with van der Waals surface area (Å²) in [7, 11) is 0. The molecule has 3 aromatic rings. The Labute approximate surface area is 125 Å². The first kappa shape index (κ1) is 13.4. The van der Waals surface area contributed by atoms with Crippen molar-refractivity contribution in [2.24, 2.45) is 0 Å². The van der Waals surface area contributed by atoms with E-state index < -0.39 is 0 Å². The third-order valence-corrected chi connectivity index (χ3v) is 3.99. The molecule has 0 unspecified atom stereocenters. The van der Waals surface area contributed by atoms with Crippen LogP contribution in [0.1, 0.15) is 28.5 Å². The maximum Gasteiger partial charge on any atom is 0.269 e. The van der Waals surface area contributed by atoms with Crippen LogP contribution in [0.5, 0.6) is 0 Å². The monoisotopic (exact) mass is 299 g/mol. The van der Waals surface area contributed by atoms with E-state index >= 15 is 0 Å². The smallest absolute Gasteiger partial charge is 0.269 e. The highest BCUT2D eigenvalue weighted by Gasteiger charge is 2.15. The summed E-state index contributed by atoms with van der Waals surface area (Å²) in [6.45, 7) is 1.91. The molecule has 6 nitrogen and oxygen atoms in total. The Morgan fingerprint density at radius 1 is 1.29 bits per heavy atom. The fourth-order valence-corrected chi connectivity index (χ4v) is 2.70. The van der Waals surface area contributed by atoms with Gasteiger partial charge in [-0.2, -0.15) is 5.10 Å². The van der Waals surface area contributed by atoms with Crippen molar-refractivity contribution in [3.63, 3.8) is 0 Å². The predicted octanol–water partition coefficient (Wildman–Crippen LogP) is 2.42. The zero-order chi connectivity index (χ0) is 14.7. The van der Waals surface area contributed by atoms with Gasteiger partial charge in [-0.1, -0.05) is 0 Å². The highest BCUT2D eigenvalue weighted by Crippen LogP contribution is 2.25. The normalized spacial score (nSPS) is 12.0. The van der Waals surface area contributed by atoms with Gasteiger partial charge in [0.05, 0.1) is 11.7 Å². The summed E-state index contributed by atoms with van der Waals surface area (Å²) in [5.41, 5.74) is 2.34. The van der Waals surface area contributed by atoms with Crippen LogP contribution in [0.2, 0.25) is 0 Å². The summed E-state index contributed by atoms with van der Waals surface area (Å²) >= 11 is 1.52. The van der Waals surface area contributed by atoms with Crippen LogP contribution < -0.4 is 5.32 Å². The average molecular weight is 299 g/mol. The molecule has 0 spiro atoms. The largest absolute Gasteiger partial charge is 0.342 e. The number of pyridine rings is 1. The minimum absolute atomic E-state index is 0.165. The molecule has 1 atom stereocenters. The van der Waals surface area contributed by atoms with E-state index in [2.05, 4.69) is 25.5 Å². The molecule has 0 aliphatic rings. The Morgan fingerprint density at radius 2 is 2.10 bits per heavy atom. The number of nitrogens with one attached hydrogen (secondary N) is 2. The van der Waals surface area contributed by atoms with Gasteiger partial charge in [0.15, 0.2) is 0 Å². The van der Waals surface area contributed by atoms with Crippen molar-refractivity contribution in [1.82, 2.24) is 25.5 Å². The molecule has 3 rings (SSSR count). The molecule has 2 N–H and O–H groups in total. The van der Waals surface area contributed by atoms with Gasteiger partial charge in [-0.3, -0.25) is 14.9 Å². The first-order valence-electron chi connectivity index (χ1n) is 6.40. The fraction of sp³-hybridized carbons (Fsp3) is 0.143. The number of aromatic nitrogens is 4. The molecule has 0 aliphatic heterocycles. The van der Waals surface area contributed by atoms with Crippen LogP contribution in [0, 0.1) is 0 Å². The maximum atomic E-state index is 12.0. The lowest BCUT2D eigenvalue weighted by Gasteiger charge is -2.09. The molecule has 1 amide bonds. The second-order valence-electron chi connectivity index (χ2n) is 4.47. The quantitative estimate of drug-likeness (QED) is 0.775. The van der Waals surface area contributed by atoms with Crippen LogP contribution in [0.3, 0.4) is 0 Å². The number of thiazole rings is 1. The van der Waals surface area contributed by atoms with Crippen molar-refractivity contribution in [2.75, 3.05) is 0 Å². The molecule has 0 radical (unpaired) electrons. The molecule has 0 aliphatic carbocycles. The Hall–Kier alpha value is -2.54. The number of H-pyrrole nitrogens is 1. The van der Waals surface area contributed by atoms with Gasteiger partial charge in [0.1, 0.15) is 10.7 Å². The highest BCUT2D eigenvalue weighted by atomic mass is 32.1. The van der Waals surface area contributed by atoms with Crippen molar-refractivity contribution in [3.8, 4) is 11.3 Å². The van der Waals surface area contributed by atoms with Gasteiger partial charge in [-0.15, -0.1) is 11.3 Å². The molecule has 7 heteroatoms. The molecule has 3 aromatic heterocycles. The van der Waals surface area contributed by atoms with E-state index in [0.717, 1.165) is 16.3 Å². The van der Waals surface area contributed by atoms with Crippen LogP contribution in [0.4, 0.5) is 0 Å². The second-order valence-corrected chi connectivity index (χ2v) is 5.36. The van der Waals surface area contributed by atoms with E-state index in [1.165, 1.54) is 11.3 Å². The summed E-state index contributed by atoms with van der Waals surface area (Å²) in [5, 5.41) is 12.1. The number of amides is 1. The first-order valence-corrected chi connectivity index (χ1v) is 7.28. The molecule has 3 heterocycles. The standard InChI is InChI=1S/C14H13N5OS/c1-9(17-13(20)11-4-7-16-19-11)14-18-12(8-21-14)10-2-5-15-6-3-10/h2-9H,1H3,(H,16,19)(H,17,20)/t9-/m0/s1. The molecular weight excluding hydrogens is 286 g/mol. The second kappa shape index (κ2) is 5.84. The van der Waals surface area contributed by atoms with Crippen LogP contribution in [0.25, 0.3) is 11.3 Å². The third kappa shape index (κ3) is 2.97. The number of nitrogens with zero attached hydrogens (tertiary/aromatic N) is 3. The van der Waals surface area contributed by atoms with Crippen molar-refractivity contribution in [3.05, 3.63) is 52.9 Å². The lowest BCUT2D eigenvalue weighted by molar-refractivity contribution is 0.0935. The molecule has 21 heavy (non-hydrogen) atoms. The predicted molar refractivity (Wildman–Crippen MR) is 79.8 cm³/mol. The third-order valence-electron chi connectivity index (χ3n) is 2.96. The van der Waals surface area contributed by atoms with Crippen LogP contribution >= 0.6 is 11.3 Å². The van der Waals surface area contributed by atoms with Gasteiger partial charge in [0, 0.05) is 29.5 Å². The summed E-state index contributed by atoms with van der Waals surface area (Å²) in [6.07, 6.45) is 5.01. The average Bonchev–Trinajstić information content (AvgIpc) is 3.20. The van der Waals surface area contributed by atoms with Crippen LogP contribution in [0.15, 0.2) is 42.2 Å². The van der Waals surface area contributed by atoms with E-state index in [-0.39, 0.29) is 11.9 Å². The fourth-order valence-electron chi connectivity index (χ4n) is 1.86. The summed E-state index contributed by atoms with van der Waals surface area (Å²) in [6, 6.07) is 5.28. The van der Waals surface area contributed by atoms with Gasteiger partial charge < -0.3 is 5.32 Å². The van der Waals surface area contributed by atoms with Gasteiger partial charge in [0.25, 0.3) is 5.91 Å². The van der Waals surface area contributed by atoms with Gasteiger partial charge in [-0.05, 0) is 25.1 Å². The van der Waals surface area contributed by atoms with Gasteiger partial charge in [0.2, 0.25) is 0 Å². The van der Waals surface area contributed by atoms with E-state index in [4.69, 9.17) is 0 Å². The highest BCUT2D eigenvalue weighted by molar-refractivity contribution is 7.10. The molecule has 0 saturated carbocycles. The maximum absolute atomic E-state index is 12.0. The number of hydrogen-bond donors (Lipinski definition) is 2. The van der Waals surface area contributed by atoms with Crippen molar-refractivity contribution in [1.29, 1.82) is 0 Å². The van der Waals surface area contributed by atoms with E-state index in [1.807, 2.05) is 24.4 Å². The Morgan fingerprint density at radius 3 is 2.81 bits per heavy atom. The van der Waals surface area contributed by atoms with Crippen LogP contribution in [-0.4, -0.2) is 26.1 Å².